The number of H-pyrrole nitrogens is 1. The third-order valence-electron chi connectivity index (χ3n) is 6.71. The molecule has 1 unspecified atom stereocenters. The number of nitrogens with one attached hydrogen (secondary N) is 1. The van der Waals surface area contributed by atoms with E-state index in [4.69, 9.17) is 9.47 Å². The molecule has 1 fully saturated rings. The molecule has 1 amide bonds. The summed E-state index contributed by atoms with van der Waals surface area (Å²) in [5.41, 5.74) is 3.91. The van der Waals surface area contributed by atoms with E-state index in [1.165, 1.54) is 4.90 Å². The zero-order valence-electron chi connectivity index (χ0n) is 21.7. The van der Waals surface area contributed by atoms with Gasteiger partial charge in [-0.25, -0.2) is 4.98 Å². The number of carbonyl (C=O) groups excluding carboxylic acids is 2. The summed E-state index contributed by atoms with van der Waals surface area (Å²) in [6.45, 7) is 2.60. The van der Waals surface area contributed by atoms with Crippen molar-refractivity contribution in [3.05, 3.63) is 131 Å². The van der Waals surface area contributed by atoms with Crippen molar-refractivity contribution in [3.63, 3.8) is 0 Å². The molecule has 1 N–H and O–H groups in total. The molecule has 39 heavy (non-hydrogen) atoms. The van der Waals surface area contributed by atoms with Crippen LogP contribution in [-0.4, -0.2) is 23.7 Å². The number of carbonyl (C=O) groups is 2. The number of likely N-dealkylation sites (tertiary alicyclic amines) is 1. The second kappa shape index (κ2) is 11.2. The number of Topliss-reactive ketones (excluding diaryl/α,β-unsaturated/α-hetero) is 1. The summed E-state index contributed by atoms with van der Waals surface area (Å²) in [6, 6.07) is 24.6. The van der Waals surface area contributed by atoms with Crippen LogP contribution < -0.4 is 19.6 Å². The minimum absolute atomic E-state index is 0.0684. The first-order valence-electron chi connectivity index (χ1n) is 12.6. The summed E-state index contributed by atoms with van der Waals surface area (Å²) in [4.78, 5) is 30.9. The Balaban J connectivity index is 1.47. The molecule has 7 heteroatoms. The lowest BCUT2D eigenvalue weighted by Crippen LogP contribution is -2.29. The van der Waals surface area contributed by atoms with Crippen LogP contribution in [0.1, 0.15) is 33.9 Å². The number of aryl methyl sites for hydroxylation is 1. The Bertz CT molecular complexity index is 1510. The van der Waals surface area contributed by atoms with Gasteiger partial charge in [0.25, 0.3) is 5.91 Å². The molecule has 3 aromatic carbocycles. The van der Waals surface area contributed by atoms with Crippen LogP contribution in [0.4, 0.5) is 0 Å². The van der Waals surface area contributed by atoms with Crippen LogP contribution in [0, 0.1) is 6.92 Å². The summed E-state index contributed by atoms with van der Waals surface area (Å²) in [5, 5.41) is 13.7. The molecular weight excluding hydrogens is 492 g/mol. The maximum atomic E-state index is 13.7. The second-order valence-corrected chi connectivity index (χ2v) is 9.39. The Hall–Kier alpha value is -4.91. The van der Waals surface area contributed by atoms with Gasteiger partial charge in [-0.1, -0.05) is 59.9 Å². The fourth-order valence-electron chi connectivity index (χ4n) is 4.72. The summed E-state index contributed by atoms with van der Waals surface area (Å²) in [7, 11) is 1.56. The van der Waals surface area contributed by atoms with Crippen molar-refractivity contribution in [1.29, 1.82) is 0 Å². The molecule has 1 aromatic heterocycles. The highest BCUT2D eigenvalue weighted by atomic mass is 16.5. The van der Waals surface area contributed by atoms with Gasteiger partial charge in [-0.3, -0.25) is 9.59 Å². The van der Waals surface area contributed by atoms with Crippen molar-refractivity contribution in [3.8, 4) is 11.5 Å². The average Bonchev–Trinajstić information content (AvgIpc) is 3.21. The van der Waals surface area contributed by atoms with E-state index in [-0.39, 0.29) is 12.1 Å². The zero-order chi connectivity index (χ0) is 27.4. The Morgan fingerprint density at radius 1 is 0.897 bits per heavy atom. The SMILES string of the molecule is COc1ccc(C2/C(=C(\[O-])c3ccc(OCc4cccc(C)c4)cc3)C(=O)C(=O)N2Cc2cc[nH+]cc2)cc1. The van der Waals surface area contributed by atoms with Gasteiger partial charge in [0.05, 0.1) is 13.2 Å². The van der Waals surface area contributed by atoms with Crippen LogP contribution in [-0.2, 0) is 22.7 Å². The van der Waals surface area contributed by atoms with Crippen LogP contribution in [0.2, 0.25) is 0 Å². The third kappa shape index (κ3) is 5.52. The maximum Gasteiger partial charge on any atom is 0.295 e. The van der Waals surface area contributed by atoms with Gasteiger partial charge in [-0.05, 0) is 53.4 Å². The lowest BCUT2D eigenvalue weighted by Gasteiger charge is -2.27. The number of amides is 1. The Morgan fingerprint density at radius 2 is 1.59 bits per heavy atom. The van der Waals surface area contributed by atoms with Crippen molar-refractivity contribution in [2.75, 3.05) is 7.11 Å². The number of methoxy groups -OCH3 is 1. The molecule has 1 aliphatic heterocycles. The van der Waals surface area contributed by atoms with Crippen LogP contribution in [0.3, 0.4) is 0 Å². The monoisotopic (exact) mass is 520 g/mol. The number of aromatic amines is 1. The van der Waals surface area contributed by atoms with Gasteiger partial charge in [0.15, 0.2) is 12.4 Å². The second-order valence-electron chi connectivity index (χ2n) is 9.39. The molecule has 0 aliphatic carbocycles. The number of nitrogens with zero attached hydrogens (tertiary/aromatic N) is 1. The lowest BCUT2D eigenvalue weighted by atomic mass is 9.95. The number of ether oxygens (including phenoxy) is 2. The van der Waals surface area contributed by atoms with E-state index in [9.17, 15) is 14.7 Å². The minimum atomic E-state index is -0.829. The van der Waals surface area contributed by atoms with Gasteiger partial charge in [-0.15, -0.1) is 0 Å². The van der Waals surface area contributed by atoms with E-state index < -0.39 is 23.5 Å². The number of ketones is 1. The predicted octanol–water partition coefficient (Wildman–Crippen LogP) is 3.82. The van der Waals surface area contributed by atoms with Crippen LogP contribution in [0.5, 0.6) is 11.5 Å². The average molecular weight is 521 g/mol. The van der Waals surface area contributed by atoms with Gasteiger partial charge >= 0.3 is 0 Å². The summed E-state index contributed by atoms with van der Waals surface area (Å²) >= 11 is 0. The topological polar surface area (TPSA) is 93.0 Å². The summed E-state index contributed by atoms with van der Waals surface area (Å²) in [5.74, 6) is -0.744. The molecule has 0 bridgehead atoms. The highest BCUT2D eigenvalue weighted by Gasteiger charge is 2.44. The first-order valence-corrected chi connectivity index (χ1v) is 12.6. The van der Waals surface area contributed by atoms with E-state index in [0.29, 0.717) is 29.2 Å². The van der Waals surface area contributed by atoms with E-state index >= 15 is 0 Å². The smallest absolute Gasteiger partial charge is 0.295 e. The van der Waals surface area contributed by atoms with Crippen LogP contribution in [0.25, 0.3) is 5.76 Å². The fourth-order valence-corrected chi connectivity index (χ4v) is 4.72. The molecule has 2 heterocycles. The minimum Gasteiger partial charge on any atom is -0.872 e. The molecule has 1 aliphatic rings. The number of pyridine rings is 1. The van der Waals surface area contributed by atoms with E-state index in [1.54, 1.807) is 68.0 Å². The molecule has 1 saturated heterocycles. The Labute approximate surface area is 227 Å². The fraction of sp³-hybridized carbons (Fsp3) is 0.156. The molecule has 0 radical (unpaired) electrons. The highest BCUT2D eigenvalue weighted by molar-refractivity contribution is 6.46. The first kappa shape index (κ1) is 25.7. The predicted molar refractivity (Wildman–Crippen MR) is 143 cm³/mol. The van der Waals surface area contributed by atoms with E-state index in [0.717, 1.165) is 16.7 Å². The third-order valence-corrected chi connectivity index (χ3v) is 6.71. The molecule has 5 rings (SSSR count). The molecular formula is C32H28N2O5. The van der Waals surface area contributed by atoms with Crippen LogP contribution in [0.15, 0.2) is 103 Å². The first-order chi connectivity index (χ1) is 18.9. The molecule has 7 nitrogen and oxygen atoms in total. The Morgan fingerprint density at radius 3 is 2.26 bits per heavy atom. The van der Waals surface area contributed by atoms with Gasteiger partial charge in [0.2, 0.25) is 5.78 Å². The van der Waals surface area contributed by atoms with Gasteiger partial charge in [-0.2, -0.15) is 0 Å². The molecule has 196 valence electrons. The largest absolute Gasteiger partial charge is 0.872 e. The number of benzene rings is 3. The van der Waals surface area contributed by atoms with E-state index in [2.05, 4.69) is 11.1 Å². The van der Waals surface area contributed by atoms with Crippen molar-refractivity contribution in [2.24, 2.45) is 0 Å². The number of aromatic nitrogens is 1. The van der Waals surface area contributed by atoms with E-state index in [1.807, 2.05) is 37.3 Å². The summed E-state index contributed by atoms with van der Waals surface area (Å²) in [6.07, 6.45) is 3.50. The van der Waals surface area contributed by atoms with Gasteiger partial charge in [0, 0.05) is 24.3 Å². The Kier molecular flexibility index (Phi) is 7.41. The number of hydrogen-bond donors (Lipinski definition) is 0. The molecule has 4 aromatic rings. The number of rotatable bonds is 8. The molecule has 1 atom stereocenters. The van der Waals surface area contributed by atoms with Gasteiger partial charge in [0.1, 0.15) is 18.1 Å². The summed E-state index contributed by atoms with van der Waals surface area (Å²) < 4.78 is 11.1. The van der Waals surface area contributed by atoms with Crippen molar-refractivity contribution < 1.29 is 29.2 Å². The van der Waals surface area contributed by atoms with Crippen LogP contribution >= 0.6 is 0 Å². The molecule has 0 saturated carbocycles. The maximum absolute atomic E-state index is 13.7. The van der Waals surface area contributed by atoms with Gasteiger partial charge < -0.3 is 19.5 Å². The van der Waals surface area contributed by atoms with Crippen molar-refractivity contribution in [1.82, 2.24) is 4.90 Å². The quantitative estimate of drug-likeness (QED) is 0.200. The number of hydrogen-bond acceptors (Lipinski definition) is 5. The van der Waals surface area contributed by atoms with Crippen molar-refractivity contribution >= 4 is 17.4 Å². The highest BCUT2D eigenvalue weighted by Crippen LogP contribution is 2.40. The standard InChI is InChI=1S/C32H28N2O5/c1-21-4-3-5-23(18-21)20-39-27-12-8-25(9-13-27)30(35)28-29(24-6-10-26(38-2)11-7-24)34(32(37)31(28)36)19-22-14-16-33-17-15-22/h3-18,29,35H,19-20H2,1-2H3/b30-28+. The lowest BCUT2D eigenvalue weighted by molar-refractivity contribution is -0.378. The normalized spacial score (nSPS) is 16.4. The van der Waals surface area contributed by atoms with Crippen molar-refractivity contribution in [2.45, 2.75) is 26.1 Å². The zero-order valence-corrected chi connectivity index (χ0v) is 21.7. The molecule has 0 spiro atoms.